The number of halogens is 1. The lowest BCUT2D eigenvalue weighted by Gasteiger charge is -2.10. The highest BCUT2D eigenvalue weighted by Gasteiger charge is 2.23. The van der Waals surface area contributed by atoms with Crippen molar-refractivity contribution in [1.29, 1.82) is 0 Å². The molecule has 54 valence electrons. The lowest BCUT2D eigenvalue weighted by molar-refractivity contribution is 0.650. The van der Waals surface area contributed by atoms with Gasteiger partial charge in [0.2, 0.25) is 0 Å². The molecule has 1 aliphatic rings. The summed E-state index contributed by atoms with van der Waals surface area (Å²) in [7, 11) is 0. The SMILES string of the molecule is CSC[C@H]1CCC[C@@H]1I. The molecule has 0 aromatic rings. The van der Waals surface area contributed by atoms with Crippen LogP contribution < -0.4 is 0 Å². The smallest absolute Gasteiger partial charge is 0.0146 e. The first kappa shape index (κ1) is 8.18. The minimum Gasteiger partial charge on any atom is -0.165 e. The van der Waals surface area contributed by atoms with Crippen molar-refractivity contribution >= 4 is 34.4 Å². The molecule has 9 heavy (non-hydrogen) atoms. The van der Waals surface area contributed by atoms with E-state index in [1.54, 1.807) is 0 Å². The Labute approximate surface area is 75.3 Å². The summed E-state index contributed by atoms with van der Waals surface area (Å²) in [6.45, 7) is 0. The standard InChI is InChI=1S/C7H13IS/c1-9-5-6-3-2-4-7(6)8/h6-7H,2-5H2,1H3/t6-,7+/m1/s1. The van der Waals surface area contributed by atoms with Crippen molar-refractivity contribution in [3.8, 4) is 0 Å². The molecule has 2 heteroatoms. The Bertz CT molecular complexity index is 85.0. The van der Waals surface area contributed by atoms with Crippen molar-refractivity contribution in [2.75, 3.05) is 12.0 Å². The Hall–Kier alpha value is 1.08. The van der Waals surface area contributed by atoms with Crippen molar-refractivity contribution in [3.05, 3.63) is 0 Å². The fraction of sp³-hybridized carbons (Fsp3) is 1.00. The van der Waals surface area contributed by atoms with Crippen molar-refractivity contribution in [3.63, 3.8) is 0 Å². The number of alkyl halides is 1. The summed E-state index contributed by atoms with van der Waals surface area (Å²) < 4.78 is 0.982. The Morgan fingerprint density at radius 2 is 2.33 bits per heavy atom. The van der Waals surface area contributed by atoms with E-state index >= 15 is 0 Å². The number of hydrogen-bond donors (Lipinski definition) is 0. The average molecular weight is 256 g/mol. The first-order valence-electron chi connectivity index (χ1n) is 3.47. The predicted molar refractivity (Wildman–Crippen MR) is 53.5 cm³/mol. The van der Waals surface area contributed by atoms with Crippen molar-refractivity contribution < 1.29 is 0 Å². The molecule has 0 aliphatic heterocycles. The minimum absolute atomic E-state index is 0.982. The number of hydrogen-bond acceptors (Lipinski definition) is 1. The Morgan fingerprint density at radius 1 is 1.56 bits per heavy atom. The fourth-order valence-electron chi connectivity index (χ4n) is 1.39. The summed E-state index contributed by atoms with van der Waals surface area (Å²) >= 11 is 4.60. The highest BCUT2D eigenvalue weighted by atomic mass is 127. The normalized spacial score (nSPS) is 35.3. The van der Waals surface area contributed by atoms with Gasteiger partial charge in [-0.3, -0.25) is 0 Å². The van der Waals surface area contributed by atoms with Crippen molar-refractivity contribution in [2.45, 2.75) is 23.2 Å². The van der Waals surface area contributed by atoms with Crippen LogP contribution in [0.1, 0.15) is 19.3 Å². The topological polar surface area (TPSA) is 0 Å². The van der Waals surface area contributed by atoms with Crippen molar-refractivity contribution in [2.24, 2.45) is 5.92 Å². The van der Waals surface area contributed by atoms with E-state index in [4.69, 9.17) is 0 Å². The van der Waals surface area contributed by atoms with E-state index in [-0.39, 0.29) is 0 Å². The third-order valence-electron chi connectivity index (χ3n) is 1.95. The van der Waals surface area contributed by atoms with E-state index in [0.717, 1.165) is 9.84 Å². The summed E-state index contributed by atoms with van der Waals surface area (Å²) in [4.78, 5) is 0. The van der Waals surface area contributed by atoms with E-state index in [1.807, 2.05) is 11.8 Å². The van der Waals surface area contributed by atoms with E-state index in [2.05, 4.69) is 28.8 Å². The van der Waals surface area contributed by atoms with E-state index in [1.165, 1.54) is 25.0 Å². The van der Waals surface area contributed by atoms with Gasteiger partial charge < -0.3 is 0 Å². The maximum atomic E-state index is 2.60. The van der Waals surface area contributed by atoms with E-state index < -0.39 is 0 Å². The molecule has 1 saturated carbocycles. The maximum absolute atomic E-state index is 2.60. The van der Waals surface area contributed by atoms with Gasteiger partial charge in [0.25, 0.3) is 0 Å². The van der Waals surface area contributed by atoms with Crippen LogP contribution in [0.4, 0.5) is 0 Å². The molecule has 2 atom stereocenters. The van der Waals surface area contributed by atoms with Crippen LogP contribution in [-0.2, 0) is 0 Å². The molecule has 0 bridgehead atoms. The van der Waals surface area contributed by atoms with E-state index in [0.29, 0.717) is 0 Å². The van der Waals surface area contributed by atoms with Crippen molar-refractivity contribution in [1.82, 2.24) is 0 Å². The molecule has 0 aromatic carbocycles. The molecule has 0 spiro atoms. The molecule has 1 fully saturated rings. The lowest BCUT2D eigenvalue weighted by atomic mass is 10.1. The summed E-state index contributed by atoms with van der Waals surface area (Å²) in [5.41, 5.74) is 0. The molecule has 1 rings (SSSR count). The highest BCUT2D eigenvalue weighted by molar-refractivity contribution is 14.1. The first-order chi connectivity index (χ1) is 4.34. The lowest BCUT2D eigenvalue weighted by Crippen LogP contribution is -2.08. The summed E-state index contributed by atoms with van der Waals surface area (Å²) in [6.07, 6.45) is 6.63. The van der Waals surface area contributed by atoms with Gasteiger partial charge in [0, 0.05) is 3.92 Å². The quantitative estimate of drug-likeness (QED) is 0.540. The van der Waals surface area contributed by atoms with Crippen LogP contribution in [0.5, 0.6) is 0 Å². The average Bonchev–Trinajstić information content (AvgIpc) is 2.18. The maximum Gasteiger partial charge on any atom is 0.0146 e. The van der Waals surface area contributed by atoms with Crippen LogP contribution in [0.15, 0.2) is 0 Å². The minimum atomic E-state index is 0.982. The molecule has 0 radical (unpaired) electrons. The van der Waals surface area contributed by atoms with Gasteiger partial charge >= 0.3 is 0 Å². The third kappa shape index (κ3) is 2.30. The van der Waals surface area contributed by atoms with Gasteiger partial charge in [-0.05, 0) is 30.8 Å². The Morgan fingerprint density at radius 3 is 2.78 bits per heavy atom. The fourth-order valence-corrected chi connectivity index (χ4v) is 3.62. The van der Waals surface area contributed by atoms with Gasteiger partial charge in [-0.1, -0.05) is 29.0 Å². The molecule has 0 N–H and O–H groups in total. The van der Waals surface area contributed by atoms with Gasteiger partial charge in [0.1, 0.15) is 0 Å². The molecule has 0 saturated heterocycles. The van der Waals surface area contributed by atoms with Crippen LogP contribution in [0.3, 0.4) is 0 Å². The Balaban J connectivity index is 2.22. The van der Waals surface area contributed by atoms with Crippen LogP contribution in [0, 0.1) is 5.92 Å². The third-order valence-corrected chi connectivity index (χ3v) is 4.35. The second-order valence-electron chi connectivity index (χ2n) is 2.66. The first-order valence-corrected chi connectivity index (χ1v) is 6.11. The van der Waals surface area contributed by atoms with Gasteiger partial charge in [0.05, 0.1) is 0 Å². The second-order valence-corrected chi connectivity index (χ2v) is 5.17. The summed E-state index contributed by atoms with van der Waals surface area (Å²) in [5.74, 6) is 2.41. The highest BCUT2D eigenvalue weighted by Crippen LogP contribution is 2.33. The summed E-state index contributed by atoms with van der Waals surface area (Å²) in [6, 6.07) is 0. The zero-order valence-electron chi connectivity index (χ0n) is 5.77. The number of thioether (sulfide) groups is 1. The van der Waals surface area contributed by atoms with Gasteiger partial charge in [-0.25, -0.2) is 0 Å². The van der Waals surface area contributed by atoms with Gasteiger partial charge in [-0.15, -0.1) is 0 Å². The molecule has 0 aromatic heterocycles. The molecule has 0 nitrogen and oxygen atoms in total. The predicted octanol–water partition coefficient (Wildman–Crippen LogP) is 2.95. The zero-order chi connectivity index (χ0) is 6.69. The Kier molecular flexibility index (Phi) is 3.69. The van der Waals surface area contributed by atoms with Crippen LogP contribution >= 0.6 is 34.4 Å². The van der Waals surface area contributed by atoms with Crippen LogP contribution in [0.25, 0.3) is 0 Å². The second kappa shape index (κ2) is 4.06. The monoisotopic (exact) mass is 256 g/mol. The molecule has 1 aliphatic carbocycles. The van der Waals surface area contributed by atoms with Gasteiger partial charge in [-0.2, -0.15) is 11.8 Å². The molecular formula is C7H13IS. The summed E-state index contributed by atoms with van der Waals surface area (Å²) in [5, 5.41) is 0. The molecule has 0 amide bonds. The number of rotatable bonds is 2. The molecular weight excluding hydrogens is 243 g/mol. The molecule has 0 heterocycles. The largest absolute Gasteiger partial charge is 0.165 e. The van der Waals surface area contributed by atoms with Crippen LogP contribution in [-0.4, -0.2) is 15.9 Å². The van der Waals surface area contributed by atoms with E-state index in [9.17, 15) is 0 Å². The van der Waals surface area contributed by atoms with Crippen LogP contribution in [0.2, 0.25) is 0 Å². The molecule has 0 unspecified atom stereocenters. The zero-order valence-corrected chi connectivity index (χ0v) is 8.74. The van der Waals surface area contributed by atoms with Gasteiger partial charge in [0.15, 0.2) is 0 Å².